The quantitative estimate of drug-likeness (QED) is 0.442. The highest BCUT2D eigenvalue weighted by atomic mass is 16.5. The molecule has 1 atom stereocenters. The Kier molecular flexibility index (Phi) is 7.52. The summed E-state index contributed by atoms with van der Waals surface area (Å²) in [4.78, 5) is 12.1. The molecule has 3 heteroatoms. The molecule has 0 saturated heterocycles. The van der Waals surface area contributed by atoms with E-state index in [2.05, 4.69) is 30.6 Å². The number of aryl methyl sites for hydroxylation is 1. The highest BCUT2D eigenvalue weighted by Crippen LogP contribution is 2.13. The van der Waals surface area contributed by atoms with Crippen LogP contribution in [0.25, 0.3) is 12.2 Å². The second-order valence-electron chi connectivity index (χ2n) is 6.64. The molecule has 0 aliphatic heterocycles. The van der Waals surface area contributed by atoms with Gasteiger partial charge in [0.1, 0.15) is 0 Å². The molecule has 0 bridgehead atoms. The normalized spacial score (nSPS) is 12.4. The van der Waals surface area contributed by atoms with Crippen molar-refractivity contribution in [3.05, 3.63) is 59.4 Å². The van der Waals surface area contributed by atoms with Crippen molar-refractivity contribution in [2.24, 2.45) is 13.0 Å². The fourth-order valence-corrected chi connectivity index (χ4v) is 2.61. The van der Waals surface area contributed by atoms with Gasteiger partial charge in [0.25, 0.3) is 0 Å². The van der Waals surface area contributed by atoms with E-state index in [1.165, 1.54) is 12.8 Å². The first-order valence-electron chi connectivity index (χ1n) is 9.16. The number of aromatic nitrogens is 1. The number of benzene rings is 1. The number of carbonyl (C=O) groups is 1. The summed E-state index contributed by atoms with van der Waals surface area (Å²) in [6, 6.07) is 11.6. The number of ether oxygens (including phenoxy) is 1. The van der Waals surface area contributed by atoms with Gasteiger partial charge in [0, 0.05) is 18.9 Å². The van der Waals surface area contributed by atoms with Gasteiger partial charge in [-0.3, -0.25) is 0 Å². The summed E-state index contributed by atoms with van der Waals surface area (Å²) in [5, 5.41) is 0. The lowest BCUT2D eigenvalue weighted by atomic mass is 10.0. The molecule has 134 valence electrons. The minimum absolute atomic E-state index is 0.235. The lowest BCUT2D eigenvalue weighted by Crippen LogP contribution is -2.06. The number of hydrogen-bond acceptors (Lipinski definition) is 2. The summed E-state index contributed by atoms with van der Waals surface area (Å²) in [5.41, 5.74) is 2.81. The van der Waals surface area contributed by atoms with Crippen molar-refractivity contribution in [1.82, 2.24) is 4.57 Å². The van der Waals surface area contributed by atoms with E-state index in [0.29, 0.717) is 12.2 Å². The van der Waals surface area contributed by atoms with E-state index < -0.39 is 0 Å². The predicted molar refractivity (Wildman–Crippen MR) is 104 cm³/mol. The van der Waals surface area contributed by atoms with Crippen LogP contribution < -0.4 is 0 Å². The van der Waals surface area contributed by atoms with Crippen LogP contribution in [-0.4, -0.2) is 17.1 Å². The van der Waals surface area contributed by atoms with Gasteiger partial charge in [-0.05, 0) is 54.7 Å². The van der Waals surface area contributed by atoms with E-state index in [1.807, 2.05) is 49.7 Å². The molecular formula is C22H29NO2. The molecule has 0 N–H and O–H groups in total. The number of unbranched alkanes of at least 4 members (excludes halogenated alkanes) is 1. The Morgan fingerprint density at radius 1 is 1.16 bits per heavy atom. The van der Waals surface area contributed by atoms with Gasteiger partial charge in [-0.2, -0.15) is 0 Å². The summed E-state index contributed by atoms with van der Waals surface area (Å²) < 4.78 is 7.42. The maximum absolute atomic E-state index is 12.1. The number of hydrogen-bond donors (Lipinski definition) is 0. The maximum atomic E-state index is 12.1. The average Bonchev–Trinajstić information content (AvgIpc) is 3.04. The van der Waals surface area contributed by atoms with Crippen LogP contribution >= 0.6 is 0 Å². The Hall–Kier alpha value is -2.29. The molecule has 3 nitrogen and oxygen atoms in total. The van der Waals surface area contributed by atoms with Crippen LogP contribution in [0.4, 0.5) is 0 Å². The molecule has 0 fully saturated rings. The Morgan fingerprint density at radius 2 is 1.92 bits per heavy atom. The number of carbonyl (C=O) groups excluding carboxylic acids is 1. The van der Waals surface area contributed by atoms with E-state index in [9.17, 15) is 4.79 Å². The largest absolute Gasteiger partial charge is 0.462 e. The summed E-state index contributed by atoms with van der Waals surface area (Å²) in [5.74, 6) is 0.522. The van der Waals surface area contributed by atoms with Crippen molar-refractivity contribution in [3.8, 4) is 0 Å². The summed E-state index contributed by atoms with van der Waals surface area (Å²) in [6.07, 6.45) is 10.6. The first-order chi connectivity index (χ1) is 12.1. The van der Waals surface area contributed by atoms with E-state index in [-0.39, 0.29) is 5.97 Å². The van der Waals surface area contributed by atoms with Gasteiger partial charge in [0.15, 0.2) is 0 Å². The molecule has 2 rings (SSSR count). The molecule has 0 spiro atoms. The van der Waals surface area contributed by atoms with Crippen LogP contribution in [0.1, 0.15) is 61.1 Å². The van der Waals surface area contributed by atoms with Crippen molar-refractivity contribution in [1.29, 1.82) is 0 Å². The third-order valence-corrected chi connectivity index (χ3v) is 4.60. The molecule has 0 saturated carbocycles. The Morgan fingerprint density at radius 3 is 2.56 bits per heavy atom. The molecule has 1 aromatic heterocycles. The second kappa shape index (κ2) is 9.87. The fourth-order valence-electron chi connectivity index (χ4n) is 2.61. The maximum Gasteiger partial charge on any atom is 0.338 e. The minimum Gasteiger partial charge on any atom is -0.462 e. The van der Waals surface area contributed by atoms with Gasteiger partial charge in [0.05, 0.1) is 12.2 Å². The molecule has 1 heterocycles. The molecule has 0 radical (unpaired) electrons. The monoisotopic (exact) mass is 339 g/mol. The third-order valence-electron chi connectivity index (χ3n) is 4.60. The van der Waals surface area contributed by atoms with Crippen molar-refractivity contribution in [2.45, 2.75) is 39.5 Å². The zero-order valence-corrected chi connectivity index (χ0v) is 15.6. The molecule has 25 heavy (non-hydrogen) atoms. The summed E-state index contributed by atoms with van der Waals surface area (Å²) >= 11 is 0. The third kappa shape index (κ3) is 6.26. The van der Waals surface area contributed by atoms with Crippen LogP contribution in [0.2, 0.25) is 0 Å². The first-order valence-corrected chi connectivity index (χ1v) is 9.16. The van der Waals surface area contributed by atoms with Crippen LogP contribution in [0, 0.1) is 5.92 Å². The standard InChI is InChI=1S/C22H29NO2/c1-4-18(2)8-5-6-17-25-22(24)20-13-10-19(11-14-20)12-15-21-9-7-16-23(21)3/h7,9-16,18H,4-6,8,17H2,1-3H3. The van der Waals surface area contributed by atoms with Gasteiger partial charge in [-0.15, -0.1) is 0 Å². The second-order valence-corrected chi connectivity index (χ2v) is 6.64. The Bertz CT molecular complexity index is 682. The van der Waals surface area contributed by atoms with E-state index in [4.69, 9.17) is 4.74 Å². The highest BCUT2D eigenvalue weighted by molar-refractivity contribution is 5.89. The highest BCUT2D eigenvalue weighted by Gasteiger charge is 2.06. The minimum atomic E-state index is -0.235. The zero-order chi connectivity index (χ0) is 18.1. The Labute approximate surface area is 151 Å². The van der Waals surface area contributed by atoms with Gasteiger partial charge < -0.3 is 9.30 Å². The van der Waals surface area contributed by atoms with Gasteiger partial charge in [-0.1, -0.05) is 44.9 Å². The van der Waals surface area contributed by atoms with Gasteiger partial charge in [-0.25, -0.2) is 4.79 Å². The summed E-state index contributed by atoms with van der Waals surface area (Å²) in [7, 11) is 2.02. The number of nitrogens with zero attached hydrogens (tertiary/aromatic N) is 1. The van der Waals surface area contributed by atoms with E-state index >= 15 is 0 Å². The van der Waals surface area contributed by atoms with Crippen LogP contribution in [0.5, 0.6) is 0 Å². The molecule has 0 amide bonds. The molecule has 1 aromatic carbocycles. The SMILES string of the molecule is CCC(C)CCCCOC(=O)c1ccc(C=Cc2cccn2C)cc1. The lowest BCUT2D eigenvalue weighted by molar-refractivity contribution is 0.0497. The van der Waals surface area contributed by atoms with Crippen LogP contribution in [0.3, 0.4) is 0 Å². The van der Waals surface area contributed by atoms with Crippen LogP contribution in [0.15, 0.2) is 42.6 Å². The number of esters is 1. The average molecular weight is 339 g/mol. The first kappa shape index (κ1) is 19.0. The van der Waals surface area contributed by atoms with Crippen molar-refractivity contribution in [3.63, 3.8) is 0 Å². The van der Waals surface area contributed by atoms with Crippen LogP contribution in [-0.2, 0) is 11.8 Å². The van der Waals surface area contributed by atoms with E-state index in [1.54, 1.807) is 0 Å². The van der Waals surface area contributed by atoms with Crippen molar-refractivity contribution >= 4 is 18.1 Å². The zero-order valence-electron chi connectivity index (χ0n) is 15.6. The Balaban J connectivity index is 1.78. The van der Waals surface area contributed by atoms with Gasteiger partial charge >= 0.3 is 5.97 Å². The summed E-state index contributed by atoms with van der Waals surface area (Å²) in [6.45, 7) is 4.98. The predicted octanol–water partition coefficient (Wildman–Crippen LogP) is 5.57. The van der Waals surface area contributed by atoms with Crippen molar-refractivity contribution in [2.75, 3.05) is 6.61 Å². The fraction of sp³-hybridized carbons (Fsp3) is 0.409. The smallest absolute Gasteiger partial charge is 0.338 e. The molecular weight excluding hydrogens is 310 g/mol. The molecule has 1 unspecified atom stereocenters. The number of rotatable bonds is 9. The van der Waals surface area contributed by atoms with Crippen molar-refractivity contribution < 1.29 is 9.53 Å². The molecule has 0 aliphatic carbocycles. The molecule has 0 aliphatic rings. The van der Waals surface area contributed by atoms with E-state index in [0.717, 1.165) is 30.0 Å². The topological polar surface area (TPSA) is 31.2 Å². The molecule has 2 aromatic rings. The van der Waals surface area contributed by atoms with Gasteiger partial charge in [0.2, 0.25) is 0 Å². The lowest BCUT2D eigenvalue weighted by Gasteiger charge is -2.08.